The van der Waals surface area contributed by atoms with Gasteiger partial charge in [-0.05, 0) is 17.7 Å². The van der Waals surface area contributed by atoms with E-state index in [1.807, 2.05) is 25.7 Å². The molecule has 1 N–H and O–H groups in total. The number of aliphatic hydroxyl groups is 1. The van der Waals surface area contributed by atoms with Crippen molar-refractivity contribution in [2.45, 2.75) is 31.7 Å². The van der Waals surface area contributed by atoms with Gasteiger partial charge in [0.25, 0.3) is 5.33 Å². The summed E-state index contributed by atoms with van der Waals surface area (Å²) in [6.45, 7) is 6.12. The molecule has 2 rings (SSSR count). The number of ether oxygens (including phenoxy) is 2. The Bertz CT molecular complexity index is 603. The molecule has 1 aliphatic rings. The molecule has 0 saturated heterocycles. The van der Waals surface area contributed by atoms with Crippen LogP contribution in [-0.2, 0) is 12.0 Å². The van der Waals surface area contributed by atoms with E-state index in [-0.39, 0.29) is 0 Å². The van der Waals surface area contributed by atoms with Crippen LogP contribution in [0.3, 0.4) is 0 Å². The van der Waals surface area contributed by atoms with Crippen molar-refractivity contribution >= 4 is 13.4 Å². The summed E-state index contributed by atoms with van der Waals surface area (Å²) in [7, 11) is 1.21. The fourth-order valence-electron chi connectivity index (χ4n) is 2.78. The number of benzene rings is 1. The largest absolute Gasteiger partial charge is 0.493 e. The summed E-state index contributed by atoms with van der Waals surface area (Å²) < 4.78 is 10.5. The number of hydrogen-bond donors (Lipinski definition) is 1. The Balaban J connectivity index is 2.54. The molecule has 5 nitrogen and oxygen atoms in total. The van der Waals surface area contributed by atoms with Crippen LogP contribution in [0.25, 0.3) is 5.53 Å². The van der Waals surface area contributed by atoms with Gasteiger partial charge in [-0.3, -0.25) is 0 Å². The first-order valence-electron chi connectivity index (χ1n) is 6.48. The highest BCUT2D eigenvalue weighted by molar-refractivity contribution is 7.04. The van der Waals surface area contributed by atoms with Gasteiger partial charge in [0.1, 0.15) is 0 Å². The van der Waals surface area contributed by atoms with E-state index in [4.69, 9.17) is 9.47 Å². The average Bonchev–Trinajstić information content (AvgIpc) is 2.36. The molecule has 1 aromatic rings. The predicted molar refractivity (Wildman–Crippen MR) is 79.1 cm³/mol. The topological polar surface area (TPSA) is 75.1 Å². The Labute approximate surface area is 119 Å². The minimum absolute atomic E-state index is 0.437. The van der Waals surface area contributed by atoms with Gasteiger partial charge >= 0.3 is 0 Å². The van der Waals surface area contributed by atoms with Crippen molar-refractivity contribution in [1.29, 1.82) is 0 Å². The number of nitrogens with zero attached hydrogens (tertiary/aromatic N) is 2. The van der Waals surface area contributed by atoms with Crippen LogP contribution in [-0.4, -0.2) is 37.5 Å². The molecule has 1 aromatic carbocycles. The summed E-state index contributed by atoms with van der Waals surface area (Å²) in [6.07, 6.45) is 0.437. The van der Waals surface area contributed by atoms with Crippen molar-refractivity contribution in [3.05, 3.63) is 28.8 Å². The van der Waals surface area contributed by atoms with Gasteiger partial charge in [0.05, 0.1) is 14.2 Å². The Kier molecular flexibility index (Phi) is 3.50. The van der Waals surface area contributed by atoms with Crippen LogP contribution < -0.4 is 9.47 Å². The van der Waals surface area contributed by atoms with Crippen molar-refractivity contribution in [2.24, 2.45) is 0 Å². The molecule has 0 heterocycles. The van der Waals surface area contributed by atoms with Crippen LogP contribution in [0.4, 0.5) is 0 Å². The number of rotatable bonds is 4. The van der Waals surface area contributed by atoms with Gasteiger partial charge in [-0.2, -0.15) is 4.79 Å². The van der Waals surface area contributed by atoms with Crippen LogP contribution in [0.1, 0.15) is 11.1 Å². The lowest BCUT2D eigenvalue weighted by atomic mass is 9.73. The summed E-state index contributed by atoms with van der Waals surface area (Å²) in [5.74, 6) is 1.21. The van der Waals surface area contributed by atoms with Gasteiger partial charge in [-0.1, -0.05) is 19.6 Å². The minimum Gasteiger partial charge on any atom is -0.493 e. The second-order valence-electron chi connectivity index (χ2n) is 6.10. The maximum atomic E-state index is 10.9. The second kappa shape index (κ2) is 4.73. The summed E-state index contributed by atoms with van der Waals surface area (Å²) in [4.78, 5) is 3.41. The first kappa shape index (κ1) is 14.8. The SMILES string of the molecule is COc1cc2c(cc1OC)C(O)(C(=[N+]=[N-])[Si](C)(C)C)C2. The van der Waals surface area contributed by atoms with Crippen LogP contribution in [0.15, 0.2) is 12.1 Å². The zero-order valence-electron chi connectivity index (χ0n) is 12.5. The Morgan fingerprint density at radius 2 is 1.80 bits per heavy atom. The zero-order valence-corrected chi connectivity index (χ0v) is 13.5. The molecule has 0 fully saturated rings. The van der Waals surface area contributed by atoms with E-state index in [1.165, 1.54) is 0 Å². The van der Waals surface area contributed by atoms with E-state index < -0.39 is 13.7 Å². The molecule has 20 heavy (non-hydrogen) atoms. The third kappa shape index (κ3) is 2.06. The lowest BCUT2D eigenvalue weighted by Gasteiger charge is -2.39. The molecule has 1 unspecified atom stereocenters. The van der Waals surface area contributed by atoms with Crippen molar-refractivity contribution in [3.63, 3.8) is 0 Å². The molecule has 108 valence electrons. The summed E-state index contributed by atoms with van der Waals surface area (Å²) in [5, 5.41) is 11.4. The lowest BCUT2D eigenvalue weighted by Crippen LogP contribution is -2.56. The normalized spacial score (nSPS) is 20.5. The van der Waals surface area contributed by atoms with E-state index in [0.29, 0.717) is 23.3 Å². The summed E-state index contributed by atoms with van der Waals surface area (Å²) >= 11 is 0. The highest BCUT2D eigenvalue weighted by atomic mass is 28.3. The van der Waals surface area contributed by atoms with Crippen LogP contribution >= 0.6 is 0 Å². The molecule has 0 amide bonds. The van der Waals surface area contributed by atoms with Crippen LogP contribution in [0, 0.1) is 0 Å². The molecule has 0 aliphatic heterocycles. The molecule has 6 heteroatoms. The van der Waals surface area contributed by atoms with Crippen molar-refractivity contribution in [1.82, 2.24) is 0 Å². The first-order valence-corrected chi connectivity index (χ1v) is 9.98. The Hall–Kier alpha value is -1.62. The van der Waals surface area contributed by atoms with Gasteiger partial charge in [0.15, 0.2) is 25.2 Å². The summed E-state index contributed by atoms with van der Waals surface area (Å²) in [6, 6.07) is 3.63. The van der Waals surface area contributed by atoms with Crippen LogP contribution in [0.2, 0.25) is 19.6 Å². The molecule has 0 radical (unpaired) electrons. The van der Waals surface area contributed by atoms with E-state index in [0.717, 1.165) is 11.1 Å². The monoisotopic (exact) mass is 292 g/mol. The van der Waals surface area contributed by atoms with Gasteiger partial charge in [-0.25, -0.2) is 0 Å². The molecule has 1 atom stereocenters. The highest BCUT2D eigenvalue weighted by Crippen LogP contribution is 2.46. The van der Waals surface area contributed by atoms with Gasteiger partial charge < -0.3 is 20.1 Å². The van der Waals surface area contributed by atoms with Crippen molar-refractivity contribution in [3.8, 4) is 11.5 Å². The van der Waals surface area contributed by atoms with Gasteiger partial charge in [0.2, 0.25) is 0 Å². The molecular formula is C14H20N2O3Si. The molecule has 0 aromatic heterocycles. The first-order chi connectivity index (χ1) is 9.27. The predicted octanol–water partition coefficient (Wildman–Crippen LogP) is 2.00. The fraction of sp³-hybridized carbons (Fsp3) is 0.500. The second-order valence-corrected chi connectivity index (χ2v) is 11.1. The number of methoxy groups -OCH3 is 2. The van der Waals surface area contributed by atoms with Crippen molar-refractivity contribution < 1.29 is 19.4 Å². The number of fused-ring (bicyclic) bond motifs is 1. The van der Waals surface area contributed by atoms with E-state index in [9.17, 15) is 10.6 Å². The molecule has 0 bridgehead atoms. The Morgan fingerprint density at radius 3 is 2.25 bits per heavy atom. The van der Waals surface area contributed by atoms with E-state index in [1.54, 1.807) is 20.3 Å². The average molecular weight is 292 g/mol. The van der Waals surface area contributed by atoms with E-state index >= 15 is 0 Å². The van der Waals surface area contributed by atoms with Gasteiger partial charge in [-0.15, -0.1) is 0 Å². The quantitative estimate of drug-likeness (QED) is 0.399. The standard InChI is InChI=1S/C14H20N2O3Si/c1-18-11-6-9-8-14(17,10(9)7-12(11)19-2)13(16-15)20(3,4)5/h6-7,17H,8H2,1-5H3. The van der Waals surface area contributed by atoms with Gasteiger partial charge in [0, 0.05) is 12.0 Å². The highest BCUT2D eigenvalue weighted by Gasteiger charge is 2.56. The molecule has 1 aliphatic carbocycles. The summed E-state index contributed by atoms with van der Waals surface area (Å²) in [5.41, 5.74) is 9.87. The third-order valence-corrected chi connectivity index (χ3v) is 5.64. The van der Waals surface area contributed by atoms with Crippen molar-refractivity contribution in [2.75, 3.05) is 14.2 Å². The Morgan fingerprint density at radius 1 is 1.25 bits per heavy atom. The maximum absolute atomic E-state index is 10.9. The van der Waals surface area contributed by atoms with Crippen LogP contribution in [0.5, 0.6) is 11.5 Å². The maximum Gasteiger partial charge on any atom is 0.271 e. The lowest BCUT2D eigenvalue weighted by molar-refractivity contribution is -0.0418. The molecular weight excluding hydrogens is 272 g/mol. The third-order valence-electron chi connectivity index (χ3n) is 3.70. The zero-order chi connectivity index (χ0) is 15.1. The minimum atomic E-state index is -1.93. The smallest absolute Gasteiger partial charge is 0.271 e. The van der Waals surface area contributed by atoms with E-state index in [2.05, 4.69) is 4.79 Å². The molecule has 0 saturated carbocycles. The fourth-order valence-corrected chi connectivity index (χ4v) is 4.54. The number of hydrogen-bond acceptors (Lipinski definition) is 3. The molecule has 0 spiro atoms.